The molecule has 0 bridgehead atoms. The van der Waals surface area contributed by atoms with E-state index in [2.05, 4.69) is 67.8 Å². The summed E-state index contributed by atoms with van der Waals surface area (Å²) in [5, 5.41) is 12.7. The number of aliphatic hydroxyl groups is 1. The third-order valence-corrected chi connectivity index (χ3v) is 9.25. The Morgan fingerprint density at radius 3 is 1.63 bits per heavy atom. The van der Waals surface area contributed by atoms with E-state index >= 15 is 0 Å². The highest BCUT2D eigenvalue weighted by molar-refractivity contribution is 7.47. The van der Waals surface area contributed by atoms with Crippen LogP contribution >= 0.6 is 7.82 Å². The van der Waals surface area contributed by atoms with E-state index < -0.39 is 26.5 Å². The molecule has 0 saturated carbocycles. The first kappa shape index (κ1) is 49.0. The molecule has 0 fully saturated rings. The number of phosphoric ester groups is 1. The molecule has 0 aromatic heterocycles. The number of aliphatic hydroxyl groups excluding tert-OH is 1. The first-order valence-corrected chi connectivity index (χ1v) is 21.6. The summed E-state index contributed by atoms with van der Waals surface area (Å²) in [5.74, 6) is -0.550. The number of phosphoric acid groups is 1. The van der Waals surface area contributed by atoms with E-state index in [0.717, 1.165) is 57.8 Å². The molecule has 0 heterocycles. The van der Waals surface area contributed by atoms with Crippen molar-refractivity contribution in [1.82, 2.24) is 5.32 Å². The van der Waals surface area contributed by atoms with Crippen molar-refractivity contribution in [2.24, 2.45) is 0 Å². The highest BCUT2D eigenvalue weighted by atomic mass is 31.2. The van der Waals surface area contributed by atoms with Crippen LogP contribution in [0.4, 0.5) is 0 Å². The fraction of sp³-hybridized carbons (Fsp3) is 0.756. The average molecular weight is 740 g/mol. The van der Waals surface area contributed by atoms with Crippen LogP contribution in [-0.2, 0) is 27.9 Å². The van der Waals surface area contributed by atoms with Gasteiger partial charge in [-0.1, -0.05) is 146 Å². The molecule has 0 aliphatic heterocycles. The summed E-state index contributed by atoms with van der Waals surface area (Å²) in [7, 11) is -4.42. The largest absolute Gasteiger partial charge is 0.472 e. The number of unbranched alkanes of at least 4 members (excludes halogenated alkanes) is 16. The van der Waals surface area contributed by atoms with E-state index in [9.17, 15) is 24.2 Å². The molecular weight excluding hydrogens is 665 g/mol. The van der Waals surface area contributed by atoms with Gasteiger partial charge in [-0.15, -0.1) is 0 Å². The Kier molecular flexibility index (Phi) is 36.2. The molecule has 0 radical (unpaired) electrons. The summed E-state index contributed by atoms with van der Waals surface area (Å²) in [6.07, 6.45) is 41.8. The second kappa shape index (κ2) is 37.7. The summed E-state index contributed by atoms with van der Waals surface area (Å²) in [6, 6.07) is 0. The minimum absolute atomic E-state index is 0.0779. The lowest BCUT2D eigenvalue weighted by atomic mass is 10.1. The Bertz CT molecular complexity index is 981. The molecular formula is C41H74NO8P. The van der Waals surface area contributed by atoms with Gasteiger partial charge in [0.05, 0.1) is 13.2 Å². The van der Waals surface area contributed by atoms with Crippen molar-refractivity contribution in [2.75, 3.05) is 26.4 Å². The SMILES string of the molecule is CCCCC/C=C\C/C=C\C/C=C\C/C=C\CCCCCC(=O)OCC(O)COP(=O)(O)OCCNC(=O)CCCCCCCCCCCCC. The molecule has 9 nitrogen and oxygen atoms in total. The minimum Gasteiger partial charge on any atom is -0.463 e. The van der Waals surface area contributed by atoms with Gasteiger partial charge >= 0.3 is 13.8 Å². The Balaban J connectivity index is 3.69. The second-order valence-corrected chi connectivity index (χ2v) is 14.7. The van der Waals surface area contributed by atoms with Crippen LogP contribution in [0.1, 0.15) is 168 Å². The summed E-state index contributed by atoms with van der Waals surface area (Å²) in [5.41, 5.74) is 0. The van der Waals surface area contributed by atoms with Crippen molar-refractivity contribution < 1.29 is 37.9 Å². The number of hydrogen-bond donors (Lipinski definition) is 3. The number of carbonyl (C=O) groups is 2. The van der Waals surface area contributed by atoms with Crippen molar-refractivity contribution in [2.45, 2.75) is 174 Å². The molecule has 2 atom stereocenters. The van der Waals surface area contributed by atoms with Crippen molar-refractivity contribution in [3.63, 3.8) is 0 Å². The maximum absolute atomic E-state index is 12.1. The van der Waals surface area contributed by atoms with Crippen LogP contribution in [0.25, 0.3) is 0 Å². The van der Waals surface area contributed by atoms with Gasteiger partial charge in [0.25, 0.3) is 0 Å². The Hall–Kier alpha value is -2.03. The Morgan fingerprint density at radius 1 is 0.608 bits per heavy atom. The highest BCUT2D eigenvalue weighted by Crippen LogP contribution is 2.42. The quantitative estimate of drug-likeness (QED) is 0.0248. The molecule has 296 valence electrons. The third kappa shape index (κ3) is 39.0. The monoisotopic (exact) mass is 740 g/mol. The van der Waals surface area contributed by atoms with E-state index in [-0.39, 0.29) is 32.1 Å². The molecule has 0 aliphatic carbocycles. The third-order valence-electron chi connectivity index (χ3n) is 8.26. The summed E-state index contributed by atoms with van der Waals surface area (Å²) >= 11 is 0. The number of ether oxygens (including phenoxy) is 1. The van der Waals surface area contributed by atoms with Gasteiger partial charge in [0, 0.05) is 19.4 Å². The van der Waals surface area contributed by atoms with Crippen LogP contribution in [0.5, 0.6) is 0 Å². The van der Waals surface area contributed by atoms with E-state index in [0.29, 0.717) is 12.8 Å². The van der Waals surface area contributed by atoms with E-state index in [1.165, 1.54) is 77.0 Å². The van der Waals surface area contributed by atoms with Crippen LogP contribution in [-0.4, -0.2) is 54.3 Å². The molecule has 2 unspecified atom stereocenters. The molecule has 10 heteroatoms. The molecule has 0 aromatic carbocycles. The van der Waals surface area contributed by atoms with Gasteiger partial charge in [-0.3, -0.25) is 18.6 Å². The summed E-state index contributed by atoms with van der Waals surface area (Å²) < 4.78 is 26.8. The van der Waals surface area contributed by atoms with Crippen molar-refractivity contribution >= 4 is 19.7 Å². The average Bonchev–Trinajstić information content (AvgIpc) is 3.11. The topological polar surface area (TPSA) is 131 Å². The van der Waals surface area contributed by atoms with Crippen molar-refractivity contribution in [3.05, 3.63) is 48.6 Å². The lowest BCUT2D eigenvalue weighted by Crippen LogP contribution is -2.27. The standard InChI is InChI=1S/C41H74NO8P/c1-3-5-7-9-11-13-15-16-17-18-19-20-21-22-24-26-28-30-32-34-41(45)48-37-39(43)38-50-51(46,47)49-36-35-42-40(44)33-31-29-27-25-23-14-12-10-8-6-4-2/h11,13,16-17,19-20,22,24,39,43H,3-10,12,14-15,18,21,23,25-38H2,1-2H3,(H,42,44)(H,46,47)/b13-11-,17-16-,20-19-,24-22-. The molecule has 3 N–H and O–H groups in total. The normalized spacial score (nSPS) is 13.9. The molecule has 0 spiro atoms. The molecule has 0 rings (SSSR count). The van der Waals surface area contributed by atoms with Gasteiger partial charge in [0.1, 0.15) is 12.7 Å². The maximum atomic E-state index is 12.1. The maximum Gasteiger partial charge on any atom is 0.472 e. The predicted molar refractivity (Wildman–Crippen MR) is 210 cm³/mol. The van der Waals surface area contributed by atoms with Gasteiger partial charge in [0.2, 0.25) is 5.91 Å². The van der Waals surface area contributed by atoms with Crippen molar-refractivity contribution in [1.29, 1.82) is 0 Å². The fourth-order valence-electron chi connectivity index (χ4n) is 5.19. The number of allylic oxidation sites excluding steroid dienone is 8. The van der Waals surface area contributed by atoms with Crippen LogP contribution in [0.2, 0.25) is 0 Å². The molecule has 0 saturated heterocycles. The lowest BCUT2D eigenvalue weighted by molar-refractivity contribution is -0.147. The first-order chi connectivity index (χ1) is 24.8. The highest BCUT2D eigenvalue weighted by Gasteiger charge is 2.23. The van der Waals surface area contributed by atoms with E-state index in [4.69, 9.17) is 13.8 Å². The van der Waals surface area contributed by atoms with Crippen LogP contribution in [0.15, 0.2) is 48.6 Å². The van der Waals surface area contributed by atoms with Gasteiger partial charge in [-0.25, -0.2) is 4.57 Å². The van der Waals surface area contributed by atoms with Gasteiger partial charge < -0.3 is 20.1 Å². The molecule has 0 aliphatic rings. The zero-order valence-corrected chi connectivity index (χ0v) is 33.2. The van der Waals surface area contributed by atoms with E-state index in [1.54, 1.807) is 0 Å². The van der Waals surface area contributed by atoms with E-state index in [1.807, 2.05) is 0 Å². The van der Waals surface area contributed by atoms with Crippen LogP contribution in [0.3, 0.4) is 0 Å². The van der Waals surface area contributed by atoms with Gasteiger partial charge in [-0.2, -0.15) is 0 Å². The summed E-state index contributed by atoms with van der Waals surface area (Å²) in [6.45, 7) is 3.47. The number of rotatable bonds is 37. The summed E-state index contributed by atoms with van der Waals surface area (Å²) in [4.78, 5) is 33.8. The van der Waals surface area contributed by atoms with Crippen LogP contribution in [0, 0.1) is 0 Å². The minimum atomic E-state index is -4.42. The molecule has 1 amide bonds. The Labute approximate surface area is 311 Å². The van der Waals surface area contributed by atoms with Crippen LogP contribution < -0.4 is 5.32 Å². The van der Waals surface area contributed by atoms with Gasteiger partial charge in [0.15, 0.2) is 0 Å². The van der Waals surface area contributed by atoms with Crippen molar-refractivity contribution in [3.8, 4) is 0 Å². The number of hydrogen-bond acceptors (Lipinski definition) is 7. The molecule has 0 aromatic rings. The zero-order chi connectivity index (χ0) is 37.5. The number of carbonyl (C=O) groups excluding carboxylic acids is 2. The Morgan fingerprint density at radius 2 is 1.06 bits per heavy atom. The zero-order valence-electron chi connectivity index (χ0n) is 32.3. The first-order valence-electron chi connectivity index (χ1n) is 20.1. The smallest absolute Gasteiger partial charge is 0.463 e. The molecule has 51 heavy (non-hydrogen) atoms. The lowest BCUT2D eigenvalue weighted by Gasteiger charge is -2.15. The second-order valence-electron chi connectivity index (χ2n) is 13.3. The number of esters is 1. The van der Waals surface area contributed by atoms with Gasteiger partial charge in [-0.05, 0) is 57.8 Å². The fourth-order valence-corrected chi connectivity index (χ4v) is 5.94. The number of amides is 1. The predicted octanol–water partition coefficient (Wildman–Crippen LogP) is 10.8. The number of nitrogens with one attached hydrogen (secondary N) is 1.